The van der Waals surface area contributed by atoms with E-state index in [1.807, 2.05) is 0 Å². The molecule has 3 N–H and O–H groups in total. The molecule has 0 aliphatic rings. The summed E-state index contributed by atoms with van der Waals surface area (Å²) in [5, 5.41) is 17.3. The molecule has 0 aliphatic carbocycles. The molecule has 0 amide bonds. The molecule has 0 aromatic heterocycles. The number of hydrogen-bond donors (Lipinski definition) is 3. The summed E-state index contributed by atoms with van der Waals surface area (Å²) in [5.74, 6) is -3.10. The van der Waals surface area contributed by atoms with Gasteiger partial charge in [-0.3, -0.25) is 4.55 Å². The van der Waals surface area contributed by atoms with Crippen molar-refractivity contribution in [3.63, 3.8) is 0 Å². The van der Waals surface area contributed by atoms with Crippen LogP contribution in [0.25, 0.3) is 0 Å². The van der Waals surface area contributed by atoms with E-state index in [1.165, 1.54) is 0 Å². The smallest absolute Gasteiger partial charge is 1.00 e. The van der Waals surface area contributed by atoms with Gasteiger partial charge in [-0.1, -0.05) is 0 Å². The summed E-state index contributed by atoms with van der Waals surface area (Å²) in [5.41, 5.74) is -1.26. The van der Waals surface area contributed by atoms with Crippen LogP contribution in [0.3, 0.4) is 0 Å². The predicted octanol–water partition coefficient (Wildman–Crippen LogP) is -8.32. The van der Waals surface area contributed by atoms with E-state index >= 15 is 0 Å². The molecule has 7 nitrogen and oxygen atoms in total. The minimum absolute atomic E-state index is 0. The van der Waals surface area contributed by atoms with E-state index in [0.29, 0.717) is 6.07 Å². The maximum Gasteiger partial charge on any atom is 1.00 e. The van der Waals surface area contributed by atoms with E-state index in [1.54, 1.807) is 0 Å². The third-order valence-corrected chi connectivity index (χ3v) is 2.60. The first kappa shape index (κ1) is 25.0. The number of aromatic carboxylic acids is 2. The van der Waals surface area contributed by atoms with Crippen LogP contribution < -0.4 is 88.7 Å². The molecule has 0 fully saturated rings. The summed E-state index contributed by atoms with van der Waals surface area (Å²) < 4.78 is 30.1. The Balaban J connectivity index is -0.000000107. The van der Waals surface area contributed by atoms with E-state index in [2.05, 4.69) is 0 Å². The van der Waals surface area contributed by atoms with Crippen LogP contribution >= 0.6 is 0 Å². The van der Waals surface area contributed by atoms with Gasteiger partial charge in [0.25, 0.3) is 10.1 Å². The van der Waals surface area contributed by atoms with E-state index in [-0.39, 0.29) is 93.0 Å². The van der Waals surface area contributed by atoms with Crippen LogP contribution in [-0.4, -0.2) is 35.1 Å². The normalized spacial score (nSPS) is 9.32. The fourth-order valence-electron chi connectivity index (χ4n) is 1.05. The zero-order valence-electron chi connectivity index (χ0n) is 13.6. The van der Waals surface area contributed by atoms with Crippen molar-refractivity contribution < 1.29 is 126 Å². The van der Waals surface area contributed by atoms with E-state index in [9.17, 15) is 18.0 Å². The first-order valence-corrected chi connectivity index (χ1v) is 5.25. The van der Waals surface area contributed by atoms with Gasteiger partial charge >= 0.3 is 101 Å². The molecule has 0 spiro atoms. The average Bonchev–Trinajstić information content (AvgIpc) is 2.15. The molecule has 1 rings (SSSR count). The van der Waals surface area contributed by atoms with Crippen LogP contribution in [0.1, 0.15) is 25.0 Å². The monoisotopic (exact) mass is 318 g/mol. The van der Waals surface area contributed by atoms with E-state index < -0.39 is 38.1 Å². The number of hydrogen-bond acceptors (Lipinski definition) is 4. The summed E-state index contributed by atoms with van der Waals surface area (Å²) in [7, 11) is -4.56. The second-order valence-corrected chi connectivity index (χ2v) is 4.21. The minimum Gasteiger partial charge on any atom is -1.00 e. The maximum absolute atomic E-state index is 10.7. The molecule has 1 aromatic rings. The first-order chi connectivity index (χ1) is 7.23. The number of rotatable bonds is 3. The number of carboxylic acids is 2. The van der Waals surface area contributed by atoms with Gasteiger partial charge in [0.1, 0.15) is 0 Å². The zero-order valence-corrected chi connectivity index (χ0v) is 17.4. The van der Waals surface area contributed by atoms with Gasteiger partial charge in [0.05, 0.1) is 16.0 Å². The van der Waals surface area contributed by atoms with Gasteiger partial charge in [-0.05, 0) is 18.2 Å². The van der Waals surface area contributed by atoms with Crippen LogP contribution in [0.5, 0.6) is 0 Å². The van der Waals surface area contributed by atoms with Crippen molar-refractivity contribution >= 4 is 22.1 Å². The molecule has 92 valence electrons. The molecular formula is C8H9Na3O7S. The Kier molecular flexibility index (Phi) is 13.1. The number of carboxylic acid groups (broad SMARTS) is 2. The van der Waals surface area contributed by atoms with Gasteiger partial charge in [0.15, 0.2) is 0 Å². The minimum atomic E-state index is -4.56. The average molecular weight is 318 g/mol. The largest absolute Gasteiger partial charge is 1.00 e. The standard InChI is InChI=1S/C8H6O7S.3Na.3H/c9-7(10)5-2-1-4(16(13,14)15)3-6(5)8(11)12;;;;;;/h1-3H,(H,9,10)(H,11,12)(H,13,14,15);;;;;;/q;3*+1;3*-1. The molecule has 0 atom stereocenters. The summed E-state index contributed by atoms with van der Waals surface area (Å²) in [6.07, 6.45) is 0. The molecule has 19 heavy (non-hydrogen) atoms. The topological polar surface area (TPSA) is 129 Å². The molecule has 1 aromatic carbocycles. The van der Waals surface area contributed by atoms with E-state index in [0.717, 1.165) is 12.1 Å². The second kappa shape index (κ2) is 9.91. The second-order valence-electron chi connectivity index (χ2n) is 2.79. The molecule has 0 bridgehead atoms. The fraction of sp³-hybridized carbons (Fsp3) is 0. The Morgan fingerprint density at radius 2 is 1.37 bits per heavy atom. The molecule has 0 saturated carbocycles. The van der Waals surface area contributed by atoms with Gasteiger partial charge in [-0.15, -0.1) is 0 Å². The van der Waals surface area contributed by atoms with E-state index in [4.69, 9.17) is 14.8 Å². The van der Waals surface area contributed by atoms with Gasteiger partial charge in [-0.25, -0.2) is 9.59 Å². The van der Waals surface area contributed by atoms with Crippen LogP contribution in [0.4, 0.5) is 0 Å². The quantitative estimate of drug-likeness (QED) is 0.373. The van der Waals surface area contributed by atoms with Crippen molar-refractivity contribution in [3.05, 3.63) is 29.3 Å². The van der Waals surface area contributed by atoms with Crippen LogP contribution in [-0.2, 0) is 10.1 Å². The Morgan fingerprint density at radius 1 is 0.947 bits per heavy atom. The van der Waals surface area contributed by atoms with Crippen molar-refractivity contribution in [1.29, 1.82) is 0 Å². The van der Waals surface area contributed by atoms with Gasteiger partial charge < -0.3 is 14.5 Å². The molecular weight excluding hydrogens is 309 g/mol. The Bertz CT molecular complexity index is 582. The van der Waals surface area contributed by atoms with Gasteiger partial charge in [-0.2, -0.15) is 8.42 Å². The molecule has 0 radical (unpaired) electrons. The van der Waals surface area contributed by atoms with Crippen LogP contribution in [0.15, 0.2) is 23.1 Å². The third kappa shape index (κ3) is 7.05. The van der Waals surface area contributed by atoms with Crippen molar-refractivity contribution in [2.45, 2.75) is 4.90 Å². The summed E-state index contributed by atoms with van der Waals surface area (Å²) in [6, 6.07) is 2.20. The van der Waals surface area contributed by atoms with Crippen LogP contribution in [0.2, 0.25) is 0 Å². The Labute approximate surface area is 179 Å². The van der Waals surface area contributed by atoms with Crippen LogP contribution in [0, 0.1) is 0 Å². The SMILES string of the molecule is O=C(O)c1ccc(S(=O)(=O)O)cc1C(=O)O.[H-].[H-].[H-].[Na+].[Na+].[Na+]. The molecule has 0 heterocycles. The fourth-order valence-corrected chi connectivity index (χ4v) is 1.55. The van der Waals surface area contributed by atoms with Crippen molar-refractivity contribution in [1.82, 2.24) is 0 Å². The zero-order chi connectivity index (χ0) is 12.5. The molecule has 11 heteroatoms. The van der Waals surface area contributed by atoms with Crippen molar-refractivity contribution in [3.8, 4) is 0 Å². The summed E-state index contributed by atoms with van der Waals surface area (Å²) >= 11 is 0. The molecule has 0 unspecified atom stereocenters. The predicted molar refractivity (Wildman–Crippen MR) is 53.5 cm³/mol. The third-order valence-electron chi connectivity index (χ3n) is 1.75. The molecule has 0 saturated heterocycles. The number of benzene rings is 1. The Hall–Kier alpha value is 1.07. The first-order valence-electron chi connectivity index (χ1n) is 3.81. The van der Waals surface area contributed by atoms with Gasteiger partial charge in [0.2, 0.25) is 0 Å². The van der Waals surface area contributed by atoms with Crippen molar-refractivity contribution in [2.24, 2.45) is 0 Å². The molecule has 0 aliphatic heterocycles. The van der Waals surface area contributed by atoms with Crippen molar-refractivity contribution in [2.75, 3.05) is 0 Å². The summed E-state index contributed by atoms with van der Waals surface area (Å²) in [6.45, 7) is 0. The maximum atomic E-state index is 10.7. The summed E-state index contributed by atoms with van der Waals surface area (Å²) in [4.78, 5) is 20.6. The number of carbonyl (C=O) groups is 2. The Morgan fingerprint density at radius 3 is 1.68 bits per heavy atom. The van der Waals surface area contributed by atoms with Gasteiger partial charge in [0, 0.05) is 0 Å².